The summed E-state index contributed by atoms with van der Waals surface area (Å²) in [6.45, 7) is 9.07. The van der Waals surface area contributed by atoms with Crippen LogP contribution in [0.3, 0.4) is 0 Å². The number of benzene rings is 8. The van der Waals surface area contributed by atoms with Crippen molar-refractivity contribution in [3.05, 3.63) is 174 Å². The third-order valence-corrected chi connectivity index (χ3v) is 11.6. The molecule has 0 aromatic heterocycles. The highest BCUT2D eigenvalue weighted by molar-refractivity contribution is 7.00. The second-order valence-corrected chi connectivity index (χ2v) is 14.7. The maximum atomic E-state index is 6.96. The van der Waals surface area contributed by atoms with E-state index < -0.39 is 0 Å². The zero-order valence-electron chi connectivity index (χ0n) is 29.9. The van der Waals surface area contributed by atoms with Gasteiger partial charge >= 0.3 is 0 Å². The molecule has 2 aliphatic heterocycles. The predicted molar refractivity (Wildman–Crippen MR) is 224 cm³/mol. The fourth-order valence-corrected chi connectivity index (χ4v) is 9.19. The molecular formula is C48H37B2NO. The van der Waals surface area contributed by atoms with Crippen molar-refractivity contribution in [1.82, 2.24) is 0 Å². The van der Waals surface area contributed by atoms with Gasteiger partial charge in [0.05, 0.1) is 0 Å². The molecule has 0 atom stereocenters. The average molecular weight is 665 g/mol. The molecule has 2 aliphatic rings. The van der Waals surface area contributed by atoms with Gasteiger partial charge in [0.1, 0.15) is 11.5 Å². The fourth-order valence-electron chi connectivity index (χ4n) is 9.19. The van der Waals surface area contributed by atoms with Crippen LogP contribution in [0.4, 0.5) is 17.1 Å². The SMILES string of the molecule is Cc1cccc(C)c1B1c2ccccc2Oc2cc3c(cc21)N(c1ccc2ccccc2c1)c1cc2ccccc2cc1B3c1c(C)cccc1C. The predicted octanol–water partition coefficient (Wildman–Crippen LogP) is 8.15. The third kappa shape index (κ3) is 4.67. The molecule has 0 spiro atoms. The number of nitrogens with zero attached hydrogens (tertiary/aromatic N) is 1. The number of hydrogen-bond donors (Lipinski definition) is 0. The molecule has 0 fully saturated rings. The Labute approximate surface area is 306 Å². The summed E-state index contributed by atoms with van der Waals surface area (Å²) >= 11 is 0. The van der Waals surface area contributed by atoms with Crippen molar-refractivity contribution in [2.75, 3.05) is 4.90 Å². The molecule has 0 radical (unpaired) electrons. The van der Waals surface area contributed by atoms with Crippen molar-refractivity contribution >= 4 is 84.8 Å². The molecule has 0 unspecified atom stereocenters. The Morgan fingerprint density at radius 2 is 0.904 bits per heavy atom. The molecule has 2 heterocycles. The van der Waals surface area contributed by atoms with E-state index in [-0.39, 0.29) is 13.4 Å². The Hall–Kier alpha value is -5.99. The quantitative estimate of drug-likeness (QED) is 0.177. The minimum absolute atomic E-state index is 0.0113. The lowest BCUT2D eigenvalue weighted by Gasteiger charge is -2.40. The summed E-state index contributed by atoms with van der Waals surface area (Å²) in [5.41, 5.74) is 16.4. The van der Waals surface area contributed by atoms with Gasteiger partial charge in [0, 0.05) is 17.1 Å². The molecule has 8 aromatic rings. The van der Waals surface area contributed by atoms with Crippen molar-refractivity contribution in [2.24, 2.45) is 0 Å². The highest BCUT2D eigenvalue weighted by Gasteiger charge is 2.41. The van der Waals surface area contributed by atoms with E-state index in [2.05, 4.69) is 184 Å². The van der Waals surface area contributed by atoms with E-state index >= 15 is 0 Å². The topological polar surface area (TPSA) is 12.5 Å². The molecule has 246 valence electrons. The van der Waals surface area contributed by atoms with Crippen molar-refractivity contribution in [2.45, 2.75) is 27.7 Å². The first-order chi connectivity index (χ1) is 25.4. The van der Waals surface area contributed by atoms with E-state index in [1.165, 1.54) is 88.0 Å². The maximum absolute atomic E-state index is 6.96. The van der Waals surface area contributed by atoms with Crippen LogP contribution in [0.2, 0.25) is 0 Å². The highest BCUT2D eigenvalue weighted by atomic mass is 16.5. The molecule has 0 N–H and O–H groups in total. The third-order valence-electron chi connectivity index (χ3n) is 11.6. The van der Waals surface area contributed by atoms with Crippen LogP contribution in [0.25, 0.3) is 21.5 Å². The zero-order chi connectivity index (χ0) is 35.1. The van der Waals surface area contributed by atoms with Crippen molar-refractivity contribution < 1.29 is 4.74 Å². The highest BCUT2D eigenvalue weighted by Crippen LogP contribution is 2.40. The summed E-state index contributed by atoms with van der Waals surface area (Å²) in [6.07, 6.45) is 0. The van der Waals surface area contributed by atoms with Crippen LogP contribution in [-0.2, 0) is 0 Å². The van der Waals surface area contributed by atoms with E-state index in [1.54, 1.807) is 0 Å². The van der Waals surface area contributed by atoms with Gasteiger partial charge in [0.25, 0.3) is 6.71 Å². The minimum atomic E-state index is 0.0113. The van der Waals surface area contributed by atoms with E-state index in [0.717, 1.165) is 17.2 Å². The number of fused-ring (bicyclic) bond motifs is 6. The van der Waals surface area contributed by atoms with Crippen LogP contribution in [0, 0.1) is 27.7 Å². The summed E-state index contributed by atoms with van der Waals surface area (Å²) in [7, 11) is 0. The van der Waals surface area contributed by atoms with E-state index in [9.17, 15) is 0 Å². The van der Waals surface area contributed by atoms with Crippen LogP contribution in [0.1, 0.15) is 22.3 Å². The van der Waals surface area contributed by atoms with Crippen LogP contribution in [-0.4, -0.2) is 13.4 Å². The first-order valence-electron chi connectivity index (χ1n) is 18.3. The summed E-state index contributed by atoms with van der Waals surface area (Å²) < 4.78 is 6.96. The Morgan fingerprint density at radius 3 is 1.58 bits per heavy atom. The van der Waals surface area contributed by atoms with Crippen LogP contribution in [0.5, 0.6) is 11.5 Å². The van der Waals surface area contributed by atoms with Gasteiger partial charge in [-0.3, -0.25) is 0 Å². The summed E-state index contributed by atoms with van der Waals surface area (Å²) in [5, 5.41) is 4.95. The lowest BCUT2D eigenvalue weighted by Crippen LogP contribution is -2.61. The monoisotopic (exact) mass is 665 g/mol. The van der Waals surface area contributed by atoms with Gasteiger partial charge in [0.2, 0.25) is 6.71 Å². The Balaban J connectivity index is 1.33. The van der Waals surface area contributed by atoms with Crippen molar-refractivity contribution in [1.29, 1.82) is 0 Å². The molecule has 4 heteroatoms. The molecule has 52 heavy (non-hydrogen) atoms. The number of rotatable bonds is 3. The van der Waals surface area contributed by atoms with Crippen molar-refractivity contribution in [3.8, 4) is 11.5 Å². The van der Waals surface area contributed by atoms with Crippen LogP contribution >= 0.6 is 0 Å². The summed E-state index contributed by atoms with van der Waals surface area (Å²) in [4.78, 5) is 2.52. The van der Waals surface area contributed by atoms with E-state index in [1.807, 2.05) is 0 Å². The number of ether oxygens (including phenoxy) is 1. The summed E-state index contributed by atoms with van der Waals surface area (Å²) in [5.74, 6) is 1.86. The maximum Gasteiger partial charge on any atom is 0.251 e. The van der Waals surface area contributed by atoms with Gasteiger partial charge in [-0.25, -0.2) is 0 Å². The van der Waals surface area contributed by atoms with Gasteiger partial charge in [-0.2, -0.15) is 0 Å². The van der Waals surface area contributed by atoms with Gasteiger partial charge in [0.15, 0.2) is 0 Å². The smallest absolute Gasteiger partial charge is 0.251 e. The molecule has 2 nitrogen and oxygen atoms in total. The molecule has 0 bridgehead atoms. The number of anilines is 3. The van der Waals surface area contributed by atoms with Crippen molar-refractivity contribution in [3.63, 3.8) is 0 Å². The first kappa shape index (κ1) is 30.8. The molecule has 0 amide bonds. The minimum Gasteiger partial charge on any atom is -0.458 e. The van der Waals surface area contributed by atoms with Gasteiger partial charge in [-0.05, 0) is 107 Å². The van der Waals surface area contributed by atoms with Crippen LogP contribution < -0.4 is 42.4 Å². The van der Waals surface area contributed by atoms with Gasteiger partial charge in [-0.1, -0.05) is 148 Å². The van der Waals surface area contributed by atoms with Gasteiger partial charge < -0.3 is 9.64 Å². The number of aryl methyl sites for hydroxylation is 4. The summed E-state index contributed by atoms with van der Waals surface area (Å²) in [6, 6.07) is 56.0. The Bertz CT molecular complexity index is 2710. The van der Waals surface area contributed by atoms with Crippen LogP contribution in [0.15, 0.2) is 152 Å². The lowest BCUT2D eigenvalue weighted by molar-refractivity contribution is 0.488. The van der Waals surface area contributed by atoms with Gasteiger partial charge in [-0.15, -0.1) is 0 Å². The molecule has 0 aliphatic carbocycles. The zero-order valence-corrected chi connectivity index (χ0v) is 29.9. The average Bonchev–Trinajstić information content (AvgIpc) is 3.15. The molecular weight excluding hydrogens is 628 g/mol. The Kier molecular flexibility index (Phi) is 6.98. The largest absolute Gasteiger partial charge is 0.458 e. The van der Waals surface area contributed by atoms with E-state index in [4.69, 9.17) is 4.74 Å². The second-order valence-electron chi connectivity index (χ2n) is 14.7. The molecule has 8 aromatic carbocycles. The standard InChI is InChI=1S/C48H37B2NO/c1-30-13-11-14-31(2)47(30)49-39-21-9-10-22-45(39)52-46-29-41-44(28-42(46)49)51(38-24-23-34-17-5-6-18-35(34)25-38)43-27-37-20-8-7-19-36(37)26-40(43)50(41)48-32(3)15-12-16-33(48)4/h5-29H,1-4H3. The second kappa shape index (κ2) is 11.8. The first-order valence-corrected chi connectivity index (χ1v) is 18.3. The molecule has 0 saturated carbocycles. The Morgan fingerprint density at radius 1 is 0.385 bits per heavy atom. The number of para-hydroxylation sites is 1. The van der Waals surface area contributed by atoms with E-state index in [0.29, 0.717) is 0 Å². The lowest BCUT2D eigenvalue weighted by atomic mass is 9.32. The fraction of sp³-hybridized carbons (Fsp3) is 0.0833. The molecule has 0 saturated heterocycles. The molecule has 10 rings (SSSR count). The number of hydrogen-bond acceptors (Lipinski definition) is 2. The normalized spacial score (nSPS) is 13.0.